The van der Waals surface area contributed by atoms with Crippen molar-refractivity contribution in [2.45, 2.75) is 38.0 Å². The SMILES string of the molecule is Cc1oc(C)c(S(N)(=O)=O)c1C(=O)NCCC(C)c1ccccc1. The number of nitrogens with one attached hydrogen (secondary N) is 1. The van der Waals surface area contributed by atoms with Crippen LogP contribution in [-0.2, 0) is 10.0 Å². The van der Waals surface area contributed by atoms with E-state index >= 15 is 0 Å². The van der Waals surface area contributed by atoms with E-state index in [1.54, 1.807) is 6.92 Å². The van der Waals surface area contributed by atoms with Crippen LogP contribution < -0.4 is 10.5 Å². The molecule has 1 unspecified atom stereocenters. The van der Waals surface area contributed by atoms with Crippen LogP contribution in [0.2, 0.25) is 0 Å². The van der Waals surface area contributed by atoms with Crippen molar-refractivity contribution in [1.29, 1.82) is 0 Å². The molecule has 0 aliphatic rings. The molecule has 1 atom stereocenters. The quantitative estimate of drug-likeness (QED) is 0.835. The number of benzene rings is 1. The molecule has 0 fully saturated rings. The van der Waals surface area contributed by atoms with Gasteiger partial charge in [0.1, 0.15) is 22.0 Å². The van der Waals surface area contributed by atoms with Gasteiger partial charge in [-0.2, -0.15) is 0 Å². The Labute approximate surface area is 142 Å². The number of carbonyl (C=O) groups excluding carboxylic acids is 1. The highest BCUT2D eigenvalue weighted by Crippen LogP contribution is 2.25. The number of furan rings is 1. The molecule has 1 aromatic carbocycles. The van der Waals surface area contributed by atoms with E-state index in [-0.39, 0.29) is 27.9 Å². The van der Waals surface area contributed by atoms with Gasteiger partial charge < -0.3 is 9.73 Å². The third-order valence-corrected chi connectivity index (χ3v) is 5.01. The van der Waals surface area contributed by atoms with E-state index in [2.05, 4.69) is 12.2 Å². The maximum absolute atomic E-state index is 12.4. The zero-order valence-electron chi connectivity index (χ0n) is 14.0. The van der Waals surface area contributed by atoms with E-state index in [9.17, 15) is 13.2 Å². The maximum Gasteiger partial charge on any atom is 0.256 e. The molecule has 0 aliphatic heterocycles. The van der Waals surface area contributed by atoms with Gasteiger partial charge in [-0.3, -0.25) is 4.79 Å². The van der Waals surface area contributed by atoms with Crippen molar-refractivity contribution in [2.75, 3.05) is 6.54 Å². The summed E-state index contributed by atoms with van der Waals surface area (Å²) in [5.41, 5.74) is 1.18. The van der Waals surface area contributed by atoms with Crippen LogP contribution in [0.3, 0.4) is 0 Å². The van der Waals surface area contributed by atoms with Crippen LogP contribution in [0.25, 0.3) is 0 Å². The molecule has 1 aromatic heterocycles. The van der Waals surface area contributed by atoms with Crippen LogP contribution >= 0.6 is 0 Å². The summed E-state index contributed by atoms with van der Waals surface area (Å²) in [5.74, 6) is 0.146. The van der Waals surface area contributed by atoms with Gasteiger partial charge in [0.15, 0.2) is 0 Å². The van der Waals surface area contributed by atoms with Crippen LogP contribution in [0, 0.1) is 13.8 Å². The zero-order valence-corrected chi connectivity index (χ0v) is 14.8. The molecule has 0 radical (unpaired) electrons. The molecule has 0 aliphatic carbocycles. The second-order valence-corrected chi connectivity index (χ2v) is 7.32. The van der Waals surface area contributed by atoms with Crippen molar-refractivity contribution in [3.05, 3.63) is 53.0 Å². The number of amides is 1. The minimum Gasteiger partial charge on any atom is -0.464 e. The Bertz CT molecular complexity index is 826. The molecule has 0 saturated heterocycles. The number of sulfonamides is 1. The van der Waals surface area contributed by atoms with E-state index in [0.29, 0.717) is 6.54 Å². The predicted molar refractivity (Wildman–Crippen MR) is 91.4 cm³/mol. The number of aryl methyl sites for hydroxylation is 2. The van der Waals surface area contributed by atoms with Crippen molar-refractivity contribution < 1.29 is 17.6 Å². The summed E-state index contributed by atoms with van der Waals surface area (Å²) in [6, 6.07) is 9.97. The lowest BCUT2D eigenvalue weighted by atomic mass is 9.98. The van der Waals surface area contributed by atoms with Crippen molar-refractivity contribution in [3.8, 4) is 0 Å². The van der Waals surface area contributed by atoms with Gasteiger partial charge in [-0.1, -0.05) is 37.3 Å². The fourth-order valence-corrected chi connectivity index (χ4v) is 3.67. The smallest absolute Gasteiger partial charge is 0.256 e. The van der Waals surface area contributed by atoms with E-state index in [0.717, 1.165) is 6.42 Å². The number of primary sulfonamides is 1. The highest BCUT2D eigenvalue weighted by Gasteiger charge is 2.28. The highest BCUT2D eigenvalue weighted by molar-refractivity contribution is 7.89. The van der Waals surface area contributed by atoms with E-state index < -0.39 is 15.9 Å². The molecule has 0 saturated carbocycles. The molecular weight excluding hydrogens is 328 g/mol. The summed E-state index contributed by atoms with van der Waals surface area (Å²) in [7, 11) is -4.03. The number of nitrogens with two attached hydrogens (primary N) is 1. The van der Waals surface area contributed by atoms with Gasteiger partial charge in [0.25, 0.3) is 5.91 Å². The molecule has 2 aromatic rings. The number of carbonyl (C=O) groups is 1. The lowest BCUT2D eigenvalue weighted by molar-refractivity contribution is 0.0948. The average Bonchev–Trinajstić information content (AvgIpc) is 2.82. The second kappa shape index (κ2) is 7.19. The second-order valence-electron chi connectivity index (χ2n) is 5.82. The van der Waals surface area contributed by atoms with Gasteiger partial charge in [0, 0.05) is 6.54 Å². The van der Waals surface area contributed by atoms with Gasteiger partial charge in [0.2, 0.25) is 10.0 Å². The van der Waals surface area contributed by atoms with Crippen molar-refractivity contribution in [3.63, 3.8) is 0 Å². The van der Waals surface area contributed by atoms with Crippen LogP contribution in [-0.4, -0.2) is 20.9 Å². The molecule has 0 bridgehead atoms. The molecule has 1 amide bonds. The molecule has 130 valence electrons. The normalized spacial score (nSPS) is 12.8. The third kappa shape index (κ3) is 4.04. The Balaban J connectivity index is 2.06. The highest BCUT2D eigenvalue weighted by atomic mass is 32.2. The molecule has 2 rings (SSSR count). The van der Waals surface area contributed by atoms with E-state index in [1.807, 2.05) is 30.3 Å². The third-order valence-electron chi connectivity index (χ3n) is 3.95. The average molecular weight is 350 g/mol. The molecule has 3 N–H and O–H groups in total. The van der Waals surface area contributed by atoms with E-state index in [1.165, 1.54) is 12.5 Å². The van der Waals surface area contributed by atoms with Crippen molar-refractivity contribution in [1.82, 2.24) is 5.32 Å². The van der Waals surface area contributed by atoms with Crippen LogP contribution in [0.4, 0.5) is 0 Å². The maximum atomic E-state index is 12.4. The first-order valence-electron chi connectivity index (χ1n) is 7.67. The van der Waals surface area contributed by atoms with Crippen LogP contribution in [0.1, 0.15) is 46.7 Å². The van der Waals surface area contributed by atoms with E-state index in [4.69, 9.17) is 9.56 Å². The Morgan fingerprint density at radius 2 is 1.83 bits per heavy atom. The first-order chi connectivity index (χ1) is 11.2. The molecule has 6 nitrogen and oxygen atoms in total. The van der Waals surface area contributed by atoms with Gasteiger partial charge >= 0.3 is 0 Å². The molecule has 1 heterocycles. The number of hydrogen-bond acceptors (Lipinski definition) is 4. The lowest BCUT2D eigenvalue weighted by Crippen LogP contribution is -2.28. The molecular formula is C17H22N2O4S. The van der Waals surface area contributed by atoms with Crippen molar-refractivity contribution >= 4 is 15.9 Å². The largest absolute Gasteiger partial charge is 0.464 e. The minimum atomic E-state index is -4.03. The Morgan fingerprint density at radius 3 is 2.42 bits per heavy atom. The molecule has 0 spiro atoms. The first kappa shape index (κ1) is 18.2. The summed E-state index contributed by atoms with van der Waals surface area (Å²) in [6.45, 7) is 5.51. The van der Waals surface area contributed by atoms with Crippen molar-refractivity contribution in [2.24, 2.45) is 5.14 Å². The van der Waals surface area contributed by atoms with Crippen LogP contribution in [0.5, 0.6) is 0 Å². The zero-order chi connectivity index (χ0) is 17.9. The fourth-order valence-electron chi connectivity index (χ4n) is 2.71. The number of hydrogen-bond donors (Lipinski definition) is 2. The Kier molecular flexibility index (Phi) is 5.46. The molecule has 24 heavy (non-hydrogen) atoms. The Morgan fingerprint density at radius 1 is 1.21 bits per heavy atom. The topological polar surface area (TPSA) is 102 Å². The summed E-state index contributed by atoms with van der Waals surface area (Å²) in [6.07, 6.45) is 0.732. The standard InChI is InChI=1S/C17H22N2O4S/c1-11(14-7-5-4-6-8-14)9-10-19-17(20)15-12(2)23-13(3)16(15)24(18,21)22/h4-8,11H,9-10H2,1-3H3,(H,19,20)(H2,18,21,22). The Hall–Kier alpha value is -2.12. The van der Waals surface area contributed by atoms with Gasteiger partial charge in [-0.15, -0.1) is 0 Å². The lowest BCUT2D eigenvalue weighted by Gasteiger charge is -2.12. The molecule has 7 heteroatoms. The summed E-state index contributed by atoms with van der Waals surface area (Å²) in [5, 5.41) is 7.94. The summed E-state index contributed by atoms with van der Waals surface area (Å²) >= 11 is 0. The first-order valence-corrected chi connectivity index (χ1v) is 9.22. The predicted octanol–water partition coefficient (Wildman–Crippen LogP) is 2.47. The van der Waals surface area contributed by atoms with Gasteiger partial charge in [-0.05, 0) is 31.7 Å². The van der Waals surface area contributed by atoms with Crippen LogP contribution in [0.15, 0.2) is 39.6 Å². The minimum absolute atomic E-state index is 0.0117. The monoisotopic (exact) mass is 350 g/mol. The summed E-state index contributed by atoms with van der Waals surface area (Å²) in [4.78, 5) is 12.1. The summed E-state index contributed by atoms with van der Waals surface area (Å²) < 4.78 is 28.7. The van der Waals surface area contributed by atoms with Gasteiger partial charge in [0.05, 0.1) is 0 Å². The number of rotatable bonds is 6. The van der Waals surface area contributed by atoms with Gasteiger partial charge in [-0.25, -0.2) is 13.6 Å². The fraction of sp³-hybridized carbons (Fsp3) is 0.353.